The molecule has 0 atom stereocenters. The van der Waals surface area contributed by atoms with Gasteiger partial charge in [0.15, 0.2) is 40.2 Å². The monoisotopic (exact) mass is 1690 g/mol. The molecule has 0 spiro atoms. The molecule has 119 heavy (non-hydrogen) atoms. The summed E-state index contributed by atoms with van der Waals surface area (Å²) >= 11 is 5.88. The Morgan fingerprint density at radius 3 is 0.639 bits per heavy atom. The molecule has 0 bridgehead atoms. The fraction of sp³-hybridized carbons (Fsp3) is 0.278. The first-order chi connectivity index (χ1) is 53.6. The lowest BCUT2D eigenvalue weighted by Gasteiger charge is -2.10. The summed E-state index contributed by atoms with van der Waals surface area (Å²) in [6.07, 6.45) is 0. The molecule has 29 heteroatoms. The summed E-state index contributed by atoms with van der Waals surface area (Å²) in [5.41, 5.74) is 6.57. The number of rotatable bonds is 10. The summed E-state index contributed by atoms with van der Waals surface area (Å²) in [4.78, 5) is 51.9. The van der Waals surface area contributed by atoms with E-state index in [1.54, 1.807) is 72.8 Å². The molecule has 0 aliphatic rings. The number of benzene rings is 10. The second-order valence-electron chi connectivity index (χ2n) is 23.5. The Kier molecular flexibility index (Phi) is 77.5. The summed E-state index contributed by atoms with van der Waals surface area (Å²) in [5, 5.41) is 165. The highest BCUT2D eigenvalue weighted by Crippen LogP contribution is 2.33. The number of hydrogen-bond donors (Lipinski definition) is 18. The lowest BCUT2D eigenvalue weighted by atomic mass is 10.0. The molecule has 0 unspecified atom stereocenters. The van der Waals surface area contributed by atoms with Crippen molar-refractivity contribution < 1.29 is 116 Å². The molecule has 0 amide bonds. The van der Waals surface area contributed by atoms with Gasteiger partial charge in [-0.15, -0.1) is 0 Å². The minimum atomic E-state index is -1.20. The average molecular weight is 1690 g/mol. The molecule has 28 nitrogen and oxygen atoms in total. The van der Waals surface area contributed by atoms with E-state index in [1.165, 1.54) is 72.8 Å². The number of carboxylic acids is 5. The molecule has 0 aromatic heterocycles. The van der Waals surface area contributed by atoms with Gasteiger partial charge in [0.05, 0.1) is 29.8 Å². The highest BCUT2D eigenvalue weighted by atomic mass is 35.5. The van der Waals surface area contributed by atoms with Gasteiger partial charge < -0.3 is 147 Å². The third-order valence-corrected chi connectivity index (χ3v) is 14.0. The van der Waals surface area contributed by atoms with Crippen molar-refractivity contribution in [2.75, 3.05) is 0 Å². The van der Waals surface area contributed by atoms with Gasteiger partial charge in [0.2, 0.25) is 0 Å². The van der Waals surface area contributed by atoms with Crippen LogP contribution >= 0.6 is 11.6 Å². The number of hydrogen-bond acceptors (Lipinski definition) is 23. The van der Waals surface area contributed by atoms with Crippen LogP contribution in [0.4, 0.5) is 0 Å². The third kappa shape index (κ3) is 56.9. The number of carbonyl (C=O) groups excluding carboxylic acids is 5. The zero-order chi connectivity index (χ0) is 89.1. The van der Waals surface area contributed by atoms with Crippen LogP contribution in [0.3, 0.4) is 0 Å². The van der Waals surface area contributed by atoms with Gasteiger partial charge in [-0.25, -0.2) is 0 Å². The number of phenolic OH excluding ortho intramolecular Hbond substituents is 13. The van der Waals surface area contributed by atoms with Gasteiger partial charge in [-0.05, 0) is 140 Å². The van der Waals surface area contributed by atoms with Crippen LogP contribution in [0, 0.1) is 0 Å². The van der Waals surface area contributed by atoms with E-state index in [1.807, 2.05) is 132 Å². The Labute approximate surface area is 706 Å². The predicted octanol–water partition coefficient (Wildman–Crippen LogP) is 18.1. The standard InChI is InChI=1S/C10H11ClO2.4C10H12O2.3C6H6O3.2C6H6O2.5C2H6.5H3N/c1-6(2)8-4-3-7(10(12)13)5-9(8)11;4*1-7(2)8-3-5-9(6-4-8)10(11)12;7-4-1-5(8)3-6(9)2-4;7-4-1-2-5(8)6(9)3-4;7-4-2-1-3-5(8)6(4)9;7-5-2-1-3-6(8)4-5;7-5-3-1-2-4-6(5)8;5*1-2;;;;;/h3-6H,1-2H3,(H,12,13);4*3-7H,1-2H3,(H,11,12);3*1-3,7-9H;2*1-4,7-8H;5*1-2H3;5*1H3. The van der Waals surface area contributed by atoms with Crippen molar-refractivity contribution in [2.45, 2.75) is 168 Å². The molecule has 10 aromatic carbocycles. The van der Waals surface area contributed by atoms with Gasteiger partial charge in [-0.2, -0.15) is 0 Å². The molecule has 10 rings (SSSR count). The van der Waals surface area contributed by atoms with E-state index in [0.29, 0.717) is 34.6 Å². The number of phenols is 13. The molecule has 664 valence electrons. The van der Waals surface area contributed by atoms with Crippen LogP contribution in [0.1, 0.15) is 248 Å². The van der Waals surface area contributed by atoms with Gasteiger partial charge in [-0.1, -0.05) is 284 Å². The number of aromatic carboxylic acids is 5. The third-order valence-electron chi connectivity index (χ3n) is 13.7. The topological polar surface area (TPSA) is 646 Å². The second kappa shape index (κ2) is 72.7. The number of para-hydroxylation sites is 3. The van der Waals surface area contributed by atoms with Gasteiger partial charge >= 0.3 is 0 Å². The lowest BCUT2D eigenvalue weighted by Crippen LogP contribution is -2.22. The molecule has 0 saturated heterocycles. The van der Waals surface area contributed by atoms with Crippen LogP contribution in [-0.2, 0) is 0 Å². The van der Waals surface area contributed by atoms with E-state index in [2.05, 4.69) is 55.4 Å². The summed E-state index contributed by atoms with van der Waals surface area (Å²) in [6.45, 7) is 40.5. The summed E-state index contributed by atoms with van der Waals surface area (Å²) in [5.74, 6) is -5.77. The zero-order valence-electron chi connectivity index (χ0n) is 73.4. The summed E-state index contributed by atoms with van der Waals surface area (Å²) < 4.78 is 0. The van der Waals surface area contributed by atoms with Crippen LogP contribution in [0.5, 0.6) is 74.7 Å². The van der Waals surface area contributed by atoms with Crippen molar-refractivity contribution in [3.05, 3.63) is 279 Å². The zero-order valence-corrected chi connectivity index (χ0v) is 74.2. The van der Waals surface area contributed by atoms with E-state index < -0.39 is 35.6 Å². The first kappa shape index (κ1) is 127. The second-order valence-corrected chi connectivity index (χ2v) is 23.9. The normalized spacial score (nSPS) is 8.86. The van der Waals surface area contributed by atoms with Crippen molar-refractivity contribution in [3.63, 3.8) is 0 Å². The molecule has 0 heterocycles. The quantitative estimate of drug-likeness (QED) is 0.0446. The molecule has 0 fully saturated rings. The van der Waals surface area contributed by atoms with Gasteiger partial charge in [0, 0.05) is 35.4 Å². The highest BCUT2D eigenvalue weighted by molar-refractivity contribution is 6.31. The van der Waals surface area contributed by atoms with Crippen molar-refractivity contribution in [3.8, 4) is 74.7 Å². The number of carbonyl (C=O) groups is 5. The van der Waals surface area contributed by atoms with Crippen LogP contribution in [-0.4, -0.2) is 96.2 Å². The predicted molar refractivity (Wildman–Crippen MR) is 470 cm³/mol. The molecule has 0 saturated carbocycles. The van der Waals surface area contributed by atoms with Crippen molar-refractivity contribution in [1.29, 1.82) is 0 Å². The van der Waals surface area contributed by atoms with E-state index in [-0.39, 0.29) is 128 Å². The Bertz CT molecular complexity index is 3950. The van der Waals surface area contributed by atoms with E-state index in [9.17, 15) is 49.5 Å². The molecule has 33 N–H and O–H groups in total. The molecular formula is C90H134ClN5O23. The fourth-order valence-corrected chi connectivity index (χ4v) is 8.11. The Hall–Kier alpha value is -13.0. The number of aromatic hydroxyl groups is 13. The van der Waals surface area contributed by atoms with Gasteiger partial charge in [-0.3, -0.25) is 0 Å². The minimum Gasteiger partial charge on any atom is -0.545 e. The summed E-state index contributed by atoms with van der Waals surface area (Å²) in [7, 11) is 0. The molecular weight excluding hydrogens is 1550 g/mol. The van der Waals surface area contributed by atoms with Crippen LogP contribution in [0.15, 0.2) is 218 Å². The summed E-state index contributed by atoms with van der Waals surface area (Å²) in [6, 6.07) is 54.8. The van der Waals surface area contributed by atoms with E-state index in [0.717, 1.165) is 52.1 Å². The SMILES string of the molecule is CC.CC.CC.CC.CC.CC(C)c1ccc(C(=O)[O-])cc1.CC(C)c1ccc(C(=O)[O-])cc1.CC(C)c1ccc(C(=O)[O-])cc1.CC(C)c1ccc(C(=O)[O-])cc1.CC(C)c1ccc(C(=O)[O-])cc1Cl.Oc1cc(O)cc(O)c1.Oc1ccc(O)c(O)c1.Oc1cccc(O)c1.Oc1cccc(O)c1O.Oc1ccccc1O.[NH4+].[NH4+].[NH4+].[NH4+].[NH4+]. The number of halogens is 1. The maximum Gasteiger partial charge on any atom is 0.200 e. The van der Waals surface area contributed by atoms with Gasteiger partial charge in [0.25, 0.3) is 0 Å². The van der Waals surface area contributed by atoms with Crippen LogP contribution in [0.2, 0.25) is 5.02 Å². The largest absolute Gasteiger partial charge is 0.545 e. The fourth-order valence-electron chi connectivity index (χ4n) is 7.71. The molecule has 0 aliphatic carbocycles. The number of quaternary nitrogens is 5. The van der Waals surface area contributed by atoms with Crippen molar-refractivity contribution >= 4 is 41.4 Å². The minimum absolute atomic E-state index is 0. The van der Waals surface area contributed by atoms with Crippen LogP contribution in [0.25, 0.3) is 0 Å². The number of carboxylic acid groups (broad SMARTS) is 5. The lowest BCUT2D eigenvalue weighted by molar-refractivity contribution is -0.256. The van der Waals surface area contributed by atoms with E-state index in [4.69, 9.17) is 78.0 Å². The smallest absolute Gasteiger partial charge is 0.200 e. The maximum atomic E-state index is 10.5. The molecule has 10 aromatic rings. The Morgan fingerprint density at radius 2 is 0.454 bits per heavy atom. The first-order valence-electron chi connectivity index (χ1n) is 36.5. The van der Waals surface area contributed by atoms with Gasteiger partial charge in [0.1, 0.15) is 34.5 Å². The van der Waals surface area contributed by atoms with Crippen LogP contribution < -0.4 is 56.3 Å². The molecule has 0 aliphatic heterocycles. The van der Waals surface area contributed by atoms with E-state index >= 15 is 0 Å². The van der Waals surface area contributed by atoms with Crippen molar-refractivity contribution in [1.82, 2.24) is 30.8 Å². The average Bonchev–Trinajstić information content (AvgIpc) is 0.841. The van der Waals surface area contributed by atoms with Crippen molar-refractivity contribution in [2.24, 2.45) is 0 Å². The molecule has 0 radical (unpaired) electrons. The Morgan fingerprint density at radius 1 is 0.235 bits per heavy atom. The highest BCUT2D eigenvalue weighted by Gasteiger charge is 2.07. The maximum absolute atomic E-state index is 10.5. The first-order valence-corrected chi connectivity index (χ1v) is 36.9. The Balaban J connectivity index is -0.000000137.